The highest BCUT2D eigenvalue weighted by molar-refractivity contribution is 6.34. The van der Waals surface area contributed by atoms with E-state index < -0.39 is 24.3 Å². The Balaban J connectivity index is 1.91. The number of amides is 1. The van der Waals surface area contributed by atoms with E-state index in [2.05, 4.69) is 10.1 Å². The summed E-state index contributed by atoms with van der Waals surface area (Å²) in [4.78, 5) is 23.7. The highest BCUT2D eigenvalue weighted by atomic mass is 35.5. The third kappa shape index (κ3) is 4.72. The molecular weight excluding hydrogens is 423 g/mol. The van der Waals surface area contributed by atoms with Crippen molar-refractivity contribution in [1.29, 1.82) is 0 Å². The fourth-order valence-electron chi connectivity index (χ4n) is 2.76. The number of carbonyl (C=O) groups is 2. The van der Waals surface area contributed by atoms with Gasteiger partial charge in [-0.1, -0.05) is 35.9 Å². The molecule has 0 atom stereocenters. The molecule has 0 heterocycles. The van der Waals surface area contributed by atoms with Crippen molar-refractivity contribution >= 4 is 29.2 Å². The van der Waals surface area contributed by atoms with Crippen LogP contribution in [0.2, 0.25) is 5.02 Å². The highest BCUT2D eigenvalue weighted by Crippen LogP contribution is 2.33. The average molecular weight is 436 g/mol. The lowest BCUT2D eigenvalue weighted by Crippen LogP contribution is -2.17. The molecule has 0 aliphatic heterocycles. The van der Waals surface area contributed by atoms with Crippen LogP contribution in [0.4, 0.5) is 18.9 Å². The van der Waals surface area contributed by atoms with Gasteiger partial charge in [0.15, 0.2) is 0 Å². The first-order valence-electron chi connectivity index (χ1n) is 8.44. The Labute approximate surface area is 173 Å². The fraction of sp³-hybridized carbons (Fsp3) is 0.0476. The van der Waals surface area contributed by atoms with Crippen molar-refractivity contribution in [2.45, 2.75) is 6.61 Å². The molecule has 154 valence electrons. The molecule has 0 aliphatic carbocycles. The van der Waals surface area contributed by atoms with Crippen LogP contribution >= 0.6 is 11.6 Å². The number of anilines is 1. The minimum absolute atomic E-state index is 0.110. The molecule has 0 fully saturated rings. The summed E-state index contributed by atoms with van der Waals surface area (Å²) in [7, 11) is 0. The van der Waals surface area contributed by atoms with Crippen molar-refractivity contribution in [2.75, 3.05) is 5.32 Å². The largest absolute Gasteiger partial charge is 0.478 e. The number of rotatable bonds is 6. The Morgan fingerprint density at radius 3 is 2.30 bits per heavy atom. The lowest BCUT2D eigenvalue weighted by molar-refractivity contribution is -0.0498. The number of aromatic carboxylic acids is 1. The van der Waals surface area contributed by atoms with Gasteiger partial charge in [-0.3, -0.25) is 4.79 Å². The Bertz CT molecular complexity index is 1100. The third-order valence-electron chi connectivity index (χ3n) is 4.08. The Hall–Kier alpha value is -3.52. The van der Waals surface area contributed by atoms with Gasteiger partial charge in [-0.05, 0) is 47.5 Å². The summed E-state index contributed by atoms with van der Waals surface area (Å²) in [5, 5.41) is 11.3. The number of hydrogen-bond acceptors (Lipinski definition) is 3. The maximum Gasteiger partial charge on any atom is 0.387 e. The first kappa shape index (κ1) is 21.2. The van der Waals surface area contributed by atoms with Crippen LogP contribution in [0.15, 0.2) is 60.7 Å². The number of hydrogen-bond donors (Lipinski definition) is 2. The number of halogens is 4. The van der Waals surface area contributed by atoms with Crippen LogP contribution in [0, 0.1) is 5.82 Å². The van der Waals surface area contributed by atoms with Crippen LogP contribution in [-0.4, -0.2) is 23.6 Å². The monoisotopic (exact) mass is 435 g/mol. The first-order chi connectivity index (χ1) is 14.3. The summed E-state index contributed by atoms with van der Waals surface area (Å²) < 4.78 is 43.8. The van der Waals surface area contributed by atoms with E-state index in [9.17, 15) is 27.9 Å². The zero-order chi connectivity index (χ0) is 21.8. The second-order valence-electron chi connectivity index (χ2n) is 6.03. The first-order valence-corrected chi connectivity index (χ1v) is 8.82. The molecule has 0 aromatic heterocycles. The zero-order valence-electron chi connectivity index (χ0n) is 15.0. The summed E-state index contributed by atoms with van der Waals surface area (Å²) in [5.41, 5.74) is -0.129. The summed E-state index contributed by atoms with van der Waals surface area (Å²) in [6.07, 6.45) is 0. The van der Waals surface area contributed by atoms with Gasteiger partial charge in [0.05, 0.1) is 21.8 Å². The predicted molar refractivity (Wildman–Crippen MR) is 105 cm³/mol. The smallest absolute Gasteiger partial charge is 0.387 e. The van der Waals surface area contributed by atoms with Crippen molar-refractivity contribution in [2.24, 2.45) is 0 Å². The number of carbonyl (C=O) groups excluding carboxylic acids is 1. The lowest BCUT2D eigenvalue weighted by atomic mass is 10.0. The van der Waals surface area contributed by atoms with Crippen LogP contribution in [0.3, 0.4) is 0 Å². The molecule has 0 unspecified atom stereocenters. The summed E-state index contributed by atoms with van der Waals surface area (Å²) in [5.74, 6) is -3.16. The van der Waals surface area contributed by atoms with Crippen molar-refractivity contribution in [1.82, 2.24) is 0 Å². The molecule has 3 aromatic carbocycles. The molecule has 0 aliphatic rings. The molecule has 0 bridgehead atoms. The van der Waals surface area contributed by atoms with E-state index >= 15 is 0 Å². The van der Waals surface area contributed by atoms with Crippen LogP contribution in [0.25, 0.3) is 11.1 Å². The molecule has 0 radical (unpaired) electrons. The van der Waals surface area contributed by atoms with Gasteiger partial charge in [0.2, 0.25) is 0 Å². The molecule has 0 saturated heterocycles. The second-order valence-corrected chi connectivity index (χ2v) is 6.43. The molecule has 9 heteroatoms. The van der Waals surface area contributed by atoms with Crippen molar-refractivity contribution in [3.8, 4) is 16.9 Å². The van der Waals surface area contributed by atoms with Crippen LogP contribution < -0.4 is 10.1 Å². The number of ether oxygens (including phenoxy) is 1. The molecule has 2 N–H and O–H groups in total. The topological polar surface area (TPSA) is 75.6 Å². The maximum absolute atomic E-state index is 14.7. The van der Waals surface area contributed by atoms with Crippen LogP contribution in [0.1, 0.15) is 20.7 Å². The number of carboxylic acid groups (broad SMARTS) is 1. The Kier molecular flexibility index (Phi) is 6.27. The van der Waals surface area contributed by atoms with Gasteiger partial charge in [0.25, 0.3) is 5.91 Å². The van der Waals surface area contributed by atoms with E-state index in [0.717, 1.165) is 6.07 Å². The quantitative estimate of drug-likeness (QED) is 0.521. The molecular formula is C21H13ClF3NO4. The van der Waals surface area contributed by atoms with Crippen molar-refractivity contribution in [3.05, 3.63) is 82.6 Å². The number of benzene rings is 3. The highest BCUT2D eigenvalue weighted by Gasteiger charge is 2.19. The third-order valence-corrected chi connectivity index (χ3v) is 4.37. The minimum atomic E-state index is -3.01. The van der Waals surface area contributed by atoms with E-state index in [-0.39, 0.29) is 33.1 Å². The Morgan fingerprint density at radius 2 is 1.67 bits per heavy atom. The molecule has 3 aromatic rings. The van der Waals surface area contributed by atoms with Gasteiger partial charge in [-0.25, -0.2) is 9.18 Å². The van der Waals surface area contributed by atoms with Crippen LogP contribution in [0.5, 0.6) is 5.75 Å². The van der Waals surface area contributed by atoms with E-state index in [1.165, 1.54) is 48.5 Å². The van der Waals surface area contributed by atoms with Gasteiger partial charge < -0.3 is 15.2 Å². The standard InChI is InChI=1S/C21H13ClF3NO4/c22-16-9-12(11-4-3-5-13(8-11)30-21(24)25)10-17(23)18(16)26-19(27)14-6-1-2-7-15(14)20(28)29/h1-10,21H,(H,26,27)(H,28,29). The van der Waals surface area contributed by atoms with Crippen LogP contribution in [-0.2, 0) is 0 Å². The summed E-state index contributed by atoms with van der Waals surface area (Å²) in [6.45, 7) is -3.01. The maximum atomic E-state index is 14.7. The molecule has 3 rings (SSSR count). The van der Waals surface area contributed by atoms with Gasteiger partial charge in [-0.2, -0.15) is 8.78 Å². The zero-order valence-corrected chi connectivity index (χ0v) is 15.8. The summed E-state index contributed by atoms with van der Waals surface area (Å²) >= 11 is 6.12. The Morgan fingerprint density at radius 1 is 0.967 bits per heavy atom. The molecule has 0 spiro atoms. The van der Waals surface area contributed by atoms with E-state index in [1.54, 1.807) is 6.07 Å². The second kappa shape index (κ2) is 8.87. The van der Waals surface area contributed by atoms with Gasteiger partial charge in [0.1, 0.15) is 11.6 Å². The average Bonchev–Trinajstić information content (AvgIpc) is 2.70. The van der Waals surface area contributed by atoms with E-state index in [4.69, 9.17) is 11.6 Å². The molecule has 0 saturated carbocycles. The predicted octanol–water partition coefficient (Wildman–Crippen LogP) is 5.70. The number of carboxylic acids is 1. The normalized spacial score (nSPS) is 10.7. The summed E-state index contributed by atoms with van der Waals surface area (Å²) in [6, 6.07) is 13.5. The van der Waals surface area contributed by atoms with Crippen molar-refractivity contribution < 1.29 is 32.6 Å². The fourth-order valence-corrected chi connectivity index (χ4v) is 3.01. The number of alkyl halides is 2. The molecule has 30 heavy (non-hydrogen) atoms. The molecule has 1 amide bonds. The van der Waals surface area contributed by atoms with E-state index in [0.29, 0.717) is 5.56 Å². The minimum Gasteiger partial charge on any atom is -0.478 e. The lowest BCUT2D eigenvalue weighted by Gasteiger charge is -2.13. The van der Waals surface area contributed by atoms with Gasteiger partial charge >= 0.3 is 12.6 Å². The van der Waals surface area contributed by atoms with Crippen molar-refractivity contribution in [3.63, 3.8) is 0 Å². The van der Waals surface area contributed by atoms with Gasteiger partial charge in [-0.15, -0.1) is 0 Å². The molecule has 5 nitrogen and oxygen atoms in total. The van der Waals surface area contributed by atoms with Gasteiger partial charge in [0, 0.05) is 0 Å². The van der Waals surface area contributed by atoms with E-state index in [1.807, 2.05) is 0 Å². The number of nitrogens with one attached hydrogen (secondary N) is 1. The SMILES string of the molecule is O=C(O)c1ccccc1C(=O)Nc1c(F)cc(-c2cccc(OC(F)F)c2)cc1Cl.